The summed E-state index contributed by atoms with van der Waals surface area (Å²) in [6.07, 6.45) is 3.00. The van der Waals surface area contributed by atoms with E-state index in [1.165, 1.54) is 6.33 Å². The summed E-state index contributed by atoms with van der Waals surface area (Å²) < 4.78 is 11.5. The summed E-state index contributed by atoms with van der Waals surface area (Å²) in [5.74, 6) is 1.07. The predicted octanol–water partition coefficient (Wildman–Crippen LogP) is 0.553. The monoisotopic (exact) mass is 341 g/mol. The Bertz CT molecular complexity index is 421. The van der Waals surface area contributed by atoms with Crippen LogP contribution in [0.5, 0.6) is 0 Å². The maximum Gasteiger partial charge on any atom is 0.266 e. The first-order valence-corrected chi connectivity index (χ1v) is 7.11. The van der Waals surface area contributed by atoms with Gasteiger partial charge in [0.2, 0.25) is 0 Å². The van der Waals surface area contributed by atoms with Crippen molar-refractivity contribution in [3.8, 4) is 0 Å². The van der Waals surface area contributed by atoms with Crippen molar-refractivity contribution in [1.82, 2.24) is 9.97 Å². The highest BCUT2D eigenvalue weighted by atomic mass is 127. The summed E-state index contributed by atoms with van der Waals surface area (Å²) in [6.45, 7) is 1.90. The Morgan fingerprint density at radius 3 is 3.00 bits per heavy atom. The summed E-state index contributed by atoms with van der Waals surface area (Å²) >= 11 is 1.93. The van der Waals surface area contributed by atoms with E-state index in [-0.39, 0.29) is 11.6 Å². The molecule has 1 rings (SSSR count). The number of anilines is 1. The molecule has 5 nitrogen and oxygen atoms in total. The van der Waals surface area contributed by atoms with Gasteiger partial charge in [-0.3, -0.25) is 9.00 Å². The Balaban J connectivity index is 2.76. The van der Waals surface area contributed by atoms with Crippen molar-refractivity contribution in [3.05, 3.63) is 20.3 Å². The van der Waals surface area contributed by atoms with Gasteiger partial charge in [-0.1, -0.05) is 0 Å². The van der Waals surface area contributed by atoms with E-state index in [1.807, 2.05) is 29.5 Å². The molecule has 0 aromatic carbocycles. The Kier molecular flexibility index (Phi) is 4.71. The standard InChI is InChI=1S/C8H12IN3O2S/c1-5(3-15(2)14)12-7-6(9)8(13)11-4-10-7/h4-5H,3H2,1-2H3,(H2,10,11,12,13). The number of hydrogen-bond donors (Lipinski definition) is 2. The van der Waals surface area contributed by atoms with Gasteiger partial charge in [0, 0.05) is 28.9 Å². The van der Waals surface area contributed by atoms with Crippen LogP contribution in [0.4, 0.5) is 5.82 Å². The minimum absolute atomic E-state index is 0.0265. The number of aromatic nitrogens is 2. The van der Waals surface area contributed by atoms with Gasteiger partial charge in [-0.25, -0.2) is 4.98 Å². The molecule has 0 aliphatic rings. The molecule has 15 heavy (non-hydrogen) atoms. The molecule has 1 aromatic rings. The van der Waals surface area contributed by atoms with Crippen LogP contribution in [0.3, 0.4) is 0 Å². The Morgan fingerprint density at radius 2 is 2.40 bits per heavy atom. The number of nitrogens with zero attached hydrogens (tertiary/aromatic N) is 1. The molecular weight excluding hydrogens is 329 g/mol. The zero-order chi connectivity index (χ0) is 11.4. The fourth-order valence-corrected chi connectivity index (χ4v) is 2.35. The molecule has 1 aromatic heterocycles. The van der Waals surface area contributed by atoms with Crippen LogP contribution >= 0.6 is 22.6 Å². The fourth-order valence-electron chi connectivity index (χ4n) is 1.11. The van der Waals surface area contributed by atoms with Gasteiger partial charge in [-0.05, 0) is 29.5 Å². The van der Waals surface area contributed by atoms with Gasteiger partial charge in [-0.15, -0.1) is 0 Å². The van der Waals surface area contributed by atoms with Gasteiger partial charge >= 0.3 is 0 Å². The molecule has 1 heterocycles. The maximum absolute atomic E-state index is 11.2. The summed E-state index contributed by atoms with van der Waals surface area (Å²) in [7, 11) is -0.860. The smallest absolute Gasteiger partial charge is 0.266 e. The van der Waals surface area contributed by atoms with Crippen molar-refractivity contribution < 1.29 is 4.21 Å². The molecule has 0 aliphatic carbocycles. The number of halogens is 1. The van der Waals surface area contributed by atoms with E-state index in [4.69, 9.17) is 0 Å². The van der Waals surface area contributed by atoms with E-state index in [0.717, 1.165) is 0 Å². The molecule has 0 spiro atoms. The molecule has 7 heteroatoms. The van der Waals surface area contributed by atoms with Crippen LogP contribution in [0.15, 0.2) is 11.1 Å². The molecule has 84 valence electrons. The number of nitrogens with one attached hydrogen (secondary N) is 2. The lowest BCUT2D eigenvalue weighted by Gasteiger charge is -2.13. The van der Waals surface area contributed by atoms with Gasteiger partial charge in [0.15, 0.2) is 0 Å². The Labute approximate surface area is 104 Å². The predicted molar refractivity (Wildman–Crippen MR) is 69.6 cm³/mol. The third-order valence-electron chi connectivity index (χ3n) is 1.66. The normalized spacial score (nSPS) is 14.6. The first-order valence-electron chi connectivity index (χ1n) is 4.30. The van der Waals surface area contributed by atoms with Crippen LogP contribution in [-0.2, 0) is 10.8 Å². The quantitative estimate of drug-likeness (QED) is 0.785. The highest BCUT2D eigenvalue weighted by Crippen LogP contribution is 2.10. The van der Waals surface area contributed by atoms with Crippen molar-refractivity contribution in [2.75, 3.05) is 17.3 Å². The first kappa shape index (κ1) is 12.6. The molecule has 0 amide bonds. The molecule has 0 radical (unpaired) electrons. The lowest BCUT2D eigenvalue weighted by Crippen LogP contribution is -2.25. The second kappa shape index (κ2) is 5.59. The van der Waals surface area contributed by atoms with Crippen molar-refractivity contribution in [3.63, 3.8) is 0 Å². The van der Waals surface area contributed by atoms with Crippen molar-refractivity contribution in [2.45, 2.75) is 13.0 Å². The third kappa shape index (κ3) is 3.90. The molecule has 0 fully saturated rings. The largest absolute Gasteiger partial charge is 0.366 e. The minimum Gasteiger partial charge on any atom is -0.366 e. The van der Waals surface area contributed by atoms with Crippen molar-refractivity contribution in [1.29, 1.82) is 0 Å². The van der Waals surface area contributed by atoms with E-state index < -0.39 is 10.8 Å². The average Bonchev–Trinajstić information content (AvgIpc) is 2.11. The zero-order valence-electron chi connectivity index (χ0n) is 8.41. The molecule has 2 unspecified atom stereocenters. The summed E-state index contributed by atoms with van der Waals surface area (Å²) in [6, 6.07) is 0.0265. The van der Waals surface area contributed by atoms with Crippen LogP contribution in [0, 0.1) is 3.57 Å². The Hall–Kier alpha value is -0.440. The molecule has 0 saturated heterocycles. The number of hydrogen-bond acceptors (Lipinski definition) is 4. The fraction of sp³-hybridized carbons (Fsp3) is 0.500. The van der Waals surface area contributed by atoms with Crippen LogP contribution in [-0.4, -0.2) is 32.2 Å². The van der Waals surface area contributed by atoms with E-state index in [2.05, 4.69) is 15.3 Å². The summed E-state index contributed by atoms with van der Waals surface area (Å²) in [5.41, 5.74) is -0.169. The van der Waals surface area contributed by atoms with E-state index >= 15 is 0 Å². The first-order chi connectivity index (χ1) is 7.00. The molecular formula is C8H12IN3O2S. The van der Waals surface area contributed by atoms with E-state index in [0.29, 0.717) is 15.1 Å². The van der Waals surface area contributed by atoms with Gasteiger partial charge in [0.25, 0.3) is 5.56 Å². The topological polar surface area (TPSA) is 74.8 Å². The third-order valence-corrected chi connectivity index (χ3v) is 3.63. The lowest BCUT2D eigenvalue weighted by atomic mass is 10.4. The van der Waals surface area contributed by atoms with E-state index in [9.17, 15) is 9.00 Å². The second-order valence-corrected chi connectivity index (χ2v) is 5.74. The highest BCUT2D eigenvalue weighted by molar-refractivity contribution is 14.1. The number of H-pyrrole nitrogens is 1. The second-order valence-electron chi connectivity index (χ2n) is 3.18. The summed E-state index contributed by atoms with van der Waals surface area (Å²) in [5, 5.41) is 3.05. The number of aromatic amines is 1. The van der Waals surface area contributed by atoms with E-state index in [1.54, 1.807) is 6.26 Å². The van der Waals surface area contributed by atoms with Gasteiger partial charge < -0.3 is 10.3 Å². The number of rotatable bonds is 4. The molecule has 2 N–H and O–H groups in total. The van der Waals surface area contributed by atoms with Crippen LogP contribution < -0.4 is 10.9 Å². The van der Waals surface area contributed by atoms with Crippen LogP contribution in [0.1, 0.15) is 6.92 Å². The minimum atomic E-state index is -0.860. The maximum atomic E-state index is 11.2. The SMILES string of the molecule is CC(CS(C)=O)Nc1nc[nH]c(=O)c1I. The van der Waals surface area contributed by atoms with Gasteiger partial charge in [0.05, 0.1) is 6.33 Å². The molecule has 0 saturated carbocycles. The molecule has 0 bridgehead atoms. The average molecular weight is 341 g/mol. The Morgan fingerprint density at radius 1 is 1.73 bits per heavy atom. The highest BCUT2D eigenvalue weighted by Gasteiger charge is 2.09. The van der Waals surface area contributed by atoms with Gasteiger partial charge in [-0.2, -0.15) is 0 Å². The van der Waals surface area contributed by atoms with Crippen molar-refractivity contribution >= 4 is 39.2 Å². The van der Waals surface area contributed by atoms with Crippen LogP contribution in [0.2, 0.25) is 0 Å². The molecule has 2 atom stereocenters. The van der Waals surface area contributed by atoms with Crippen LogP contribution in [0.25, 0.3) is 0 Å². The summed E-state index contributed by atoms with van der Waals surface area (Å²) in [4.78, 5) is 17.7. The van der Waals surface area contributed by atoms with Crippen molar-refractivity contribution in [2.24, 2.45) is 0 Å². The van der Waals surface area contributed by atoms with Gasteiger partial charge in [0.1, 0.15) is 9.39 Å². The molecule has 0 aliphatic heterocycles. The lowest BCUT2D eigenvalue weighted by molar-refractivity contribution is 0.682. The zero-order valence-corrected chi connectivity index (χ0v) is 11.4.